The molecule has 19 heteroatoms. The van der Waals surface area contributed by atoms with Crippen molar-refractivity contribution in [3.8, 4) is 0 Å². The van der Waals surface area contributed by atoms with Crippen molar-refractivity contribution in [3.05, 3.63) is 0 Å². The molecule has 5 atom stereocenters. The molecule has 0 aliphatic heterocycles. The Morgan fingerprint density at radius 3 is 0.756 bits per heavy atom. The van der Waals surface area contributed by atoms with Gasteiger partial charge in [0.25, 0.3) is 0 Å². The zero-order valence-electron chi connectivity index (χ0n) is 58.6. The Kier molecular flexibility index (Phi) is 60.6. The summed E-state index contributed by atoms with van der Waals surface area (Å²) in [7, 11) is -9.90. The SMILES string of the molecule is CCCCCCCCCCCCCC(=O)O[C@H](COC(=O)CCCCCCCCC(C)C)COP(=O)(O)OC[C@H](O)COP(=O)(O)OC[C@@H](COC(=O)CCCCCCCCCCCC(C)C)OC(=O)CCCCCCCCCCCCCCCCCC(C)C. The van der Waals surface area contributed by atoms with Crippen LogP contribution in [0.25, 0.3) is 0 Å². The van der Waals surface area contributed by atoms with E-state index in [9.17, 15) is 43.2 Å². The van der Waals surface area contributed by atoms with Gasteiger partial charge in [-0.3, -0.25) is 37.3 Å². The first kappa shape index (κ1) is 88.1. The van der Waals surface area contributed by atoms with Crippen LogP contribution in [0, 0.1) is 17.8 Å². The minimum atomic E-state index is -4.95. The molecule has 0 aromatic rings. The number of phosphoric ester groups is 2. The van der Waals surface area contributed by atoms with E-state index in [2.05, 4.69) is 48.5 Å². The van der Waals surface area contributed by atoms with Crippen LogP contribution < -0.4 is 0 Å². The lowest BCUT2D eigenvalue weighted by molar-refractivity contribution is -0.161. The Labute approximate surface area is 549 Å². The van der Waals surface area contributed by atoms with Gasteiger partial charge in [-0.05, 0) is 43.4 Å². The highest BCUT2D eigenvalue weighted by atomic mass is 31.2. The maximum Gasteiger partial charge on any atom is 0.472 e. The van der Waals surface area contributed by atoms with Crippen molar-refractivity contribution >= 4 is 39.5 Å². The van der Waals surface area contributed by atoms with E-state index in [4.69, 9.17) is 37.0 Å². The first-order chi connectivity index (χ1) is 43.2. The number of ether oxygens (including phenoxy) is 4. The lowest BCUT2D eigenvalue weighted by Crippen LogP contribution is -2.30. The Balaban J connectivity index is 5.22. The molecule has 2 unspecified atom stereocenters. The van der Waals surface area contributed by atoms with Gasteiger partial charge in [0.15, 0.2) is 12.2 Å². The molecule has 0 radical (unpaired) electrons. The Morgan fingerprint density at radius 2 is 0.511 bits per heavy atom. The molecule has 0 aromatic carbocycles. The average Bonchev–Trinajstić information content (AvgIpc) is 3.32. The van der Waals surface area contributed by atoms with Crippen molar-refractivity contribution in [2.75, 3.05) is 39.6 Å². The molecule has 0 fully saturated rings. The van der Waals surface area contributed by atoms with Crippen molar-refractivity contribution in [3.63, 3.8) is 0 Å². The Morgan fingerprint density at radius 1 is 0.300 bits per heavy atom. The molecule has 0 rings (SSSR count). The average molecular weight is 1330 g/mol. The molecule has 0 saturated heterocycles. The zero-order chi connectivity index (χ0) is 66.6. The summed E-state index contributed by atoms with van der Waals surface area (Å²) in [6.45, 7) is 11.8. The van der Waals surface area contributed by atoms with Gasteiger partial charge in [0.05, 0.1) is 26.4 Å². The fraction of sp³-hybridized carbons (Fsp3) is 0.944. The fourth-order valence-corrected chi connectivity index (χ4v) is 12.3. The third-order valence-corrected chi connectivity index (χ3v) is 18.3. The fourth-order valence-electron chi connectivity index (χ4n) is 10.7. The van der Waals surface area contributed by atoms with Gasteiger partial charge < -0.3 is 33.8 Å². The summed E-state index contributed by atoms with van der Waals surface area (Å²) >= 11 is 0. The van der Waals surface area contributed by atoms with E-state index in [1.165, 1.54) is 161 Å². The van der Waals surface area contributed by atoms with Crippen LogP contribution in [-0.4, -0.2) is 96.7 Å². The number of aliphatic hydroxyl groups excluding tert-OH is 1. The first-order valence-electron chi connectivity index (χ1n) is 36.8. The number of hydrogen-bond donors (Lipinski definition) is 3. The second kappa shape index (κ2) is 61.9. The van der Waals surface area contributed by atoms with Gasteiger partial charge in [-0.2, -0.15) is 0 Å². The number of hydrogen-bond acceptors (Lipinski definition) is 15. The zero-order valence-corrected chi connectivity index (χ0v) is 60.4. The molecule has 0 bridgehead atoms. The summed E-state index contributed by atoms with van der Waals surface area (Å²) in [5.74, 6) is 0.0996. The van der Waals surface area contributed by atoms with Crippen LogP contribution in [0.4, 0.5) is 0 Å². The van der Waals surface area contributed by atoms with E-state index in [1.54, 1.807) is 0 Å². The predicted octanol–water partition coefficient (Wildman–Crippen LogP) is 20.2. The molecule has 0 spiro atoms. The summed E-state index contributed by atoms with van der Waals surface area (Å²) in [6.07, 6.45) is 45.9. The largest absolute Gasteiger partial charge is 0.472 e. The number of phosphoric acid groups is 2. The molecule has 0 aliphatic rings. The Bertz CT molecular complexity index is 1770. The monoisotopic (exact) mass is 1320 g/mol. The first-order valence-corrected chi connectivity index (χ1v) is 39.8. The van der Waals surface area contributed by atoms with E-state index in [-0.39, 0.29) is 25.7 Å². The molecule has 3 N–H and O–H groups in total. The lowest BCUT2D eigenvalue weighted by Gasteiger charge is -2.21. The number of unbranched alkanes of at least 4 members (excludes halogenated alkanes) is 37. The van der Waals surface area contributed by atoms with Crippen LogP contribution in [0.3, 0.4) is 0 Å². The van der Waals surface area contributed by atoms with Crippen LogP contribution in [0.1, 0.15) is 357 Å². The van der Waals surface area contributed by atoms with Crippen molar-refractivity contribution in [2.24, 2.45) is 17.8 Å². The second-order valence-corrected chi connectivity index (χ2v) is 30.0. The highest BCUT2D eigenvalue weighted by Gasteiger charge is 2.30. The summed E-state index contributed by atoms with van der Waals surface area (Å²) in [5.41, 5.74) is 0. The van der Waals surface area contributed by atoms with Crippen molar-refractivity contribution < 1.29 is 80.2 Å². The highest BCUT2D eigenvalue weighted by molar-refractivity contribution is 7.47. The van der Waals surface area contributed by atoms with Crippen molar-refractivity contribution in [1.29, 1.82) is 0 Å². The van der Waals surface area contributed by atoms with Gasteiger partial charge in [0.1, 0.15) is 19.3 Å². The number of carbonyl (C=O) groups excluding carboxylic acids is 4. The van der Waals surface area contributed by atoms with E-state index in [0.29, 0.717) is 31.6 Å². The highest BCUT2D eigenvalue weighted by Crippen LogP contribution is 2.45. The molecule has 0 aromatic heterocycles. The smallest absolute Gasteiger partial charge is 0.462 e. The number of esters is 4. The van der Waals surface area contributed by atoms with Gasteiger partial charge in [-0.25, -0.2) is 9.13 Å². The van der Waals surface area contributed by atoms with E-state index in [0.717, 1.165) is 108 Å². The van der Waals surface area contributed by atoms with Crippen molar-refractivity contribution in [1.82, 2.24) is 0 Å². The molecule has 17 nitrogen and oxygen atoms in total. The summed E-state index contributed by atoms with van der Waals surface area (Å²) < 4.78 is 68.3. The van der Waals surface area contributed by atoms with Gasteiger partial charge >= 0.3 is 39.5 Å². The molecule has 0 amide bonds. The van der Waals surface area contributed by atoms with Crippen LogP contribution >= 0.6 is 15.6 Å². The Hall–Kier alpha value is -1.94. The molecule has 0 saturated carbocycles. The minimum absolute atomic E-state index is 0.106. The maximum atomic E-state index is 13.0. The molecular formula is C71H138O17P2. The van der Waals surface area contributed by atoms with Crippen LogP contribution in [-0.2, 0) is 65.4 Å². The number of aliphatic hydroxyl groups is 1. The summed E-state index contributed by atoms with van der Waals surface area (Å²) in [6, 6.07) is 0. The molecular weight excluding hydrogens is 1190 g/mol. The predicted molar refractivity (Wildman–Crippen MR) is 363 cm³/mol. The topological polar surface area (TPSA) is 237 Å². The number of rotatable bonds is 69. The molecule has 0 aliphatic carbocycles. The minimum Gasteiger partial charge on any atom is -0.462 e. The normalized spacial score (nSPS) is 14.2. The van der Waals surface area contributed by atoms with Crippen molar-refractivity contribution in [2.45, 2.75) is 375 Å². The van der Waals surface area contributed by atoms with E-state index in [1.807, 2.05) is 0 Å². The quantitative estimate of drug-likeness (QED) is 0.0222. The standard InChI is InChI=1S/C71H138O17P2/c1-8-9-10-11-12-13-19-25-31-40-47-54-70(75)88-67(59-82-69(74)53-46-39-34-33-37-44-51-64(6)7)61-86-90(79,80)84-57-65(72)56-83-89(77,78)85-60-66(58-81-68(73)52-45-38-30-27-22-24-29-36-43-50-63(4)5)87-71(76)55-48-41-32-26-21-18-16-14-15-17-20-23-28-35-42-49-62(2)3/h62-67,72H,8-61H2,1-7H3,(H,77,78)(H,79,80)/t65-,66-,67-/m1/s1. The third kappa shape index (κ3) is 64.8. The summed E-state index contributed by atoms with van der Waals surface area (Å²) in [5, 5.41) is 10.6. The third-order valence-electron chi connectivity index (χ3n) is 16.4. The van der Waals surface area contributed by atoms with Crippen LogP contribution in [0.2, 0.25) is 0 Å². The van der Waals surface area contributed by atoms with Gasteiger partial charge in [-0.1, -0.05) is 305 Å². The van der Waals surface area contributed by atoms with Crippen LogP contribution in [0.5, 0.6) is 0 Å². The van der Waals surface area contributed by atoms with E-state index >= 15 is 0 Å². The van der Waals surface area contributed by atoms with E-state index < -0.39 is 97.5 Å². The van der Waals surface area contributed by atoms with Gasteiger partial charge in [0.2, 0.25) is 0 Å². The maximum absolute atomic E-state index is 13.0. The number of carbonyl (C=O) groups is 4. The molecule has 90 heavy (non-hydrogen) atoms. The lowest BCUT2D eigenvalue weighted by atomic mass is 10.0. The molecule has 0 heterocycles. The molecule has 534 valence electrons. The van der Waals surface area contributed by atoms with Gasteiger partial charge in [-0.15, -0.1) is 0 Å². The van der Waals surface area contributed by atoms with Crippen LogP contribution in [0.15, 0.2) is 0 Å². The van der Waals surface area contributed by atoms with Gasteiger partial charge in [0, 0.05) is 25.7 Å². The second-order valence-electron chi connectivity index (χ2n) is 27.1. The summed E-state index contributed by atoms with van der Waals surface area (Å²) in [4.78, 5) is 72.5.